The third-order valence-electron chi connectivity index (χ3n) is 4.66. The second-order valence-corrected chi connectivity index (χ2v) is 9.13. The Hall–Kier alpha value is -3.69. The van der Waals surface area contributed by atoms with Gasteiger partial charge in [-0.1, -0.05) is 18.2 Å². The van der Waals surface area contributed by atoms with E-state index in [1.165, 1.54) is 18.2 Å². The minimum atomic E-state index is -3.70. The molecule has 0 aliphatic heterocycles. The lowest BCUT2D eigenvalue weighted by Crippen LogP contribution is -2.19. The monoisotopic (exact) mass is 465 g/mol. The smallest absolute Gasteiger partial charge is 0.336 e. The lowest BCUT2D eigenvalue weighted by molar-refractivity contribution is 0.560. The van der Waals surface area contributed by atoms with Crippen molar-refractivity contribution in [1.82, 2.24) is 0 Å². The van der Waals surface area contributed by atoms with E-state index in [0.717, 1.165) is 10.9 Å². The van der Waals surface area contributed by atoms with E-state index in [4.69, 9.17) is 16.6 Å². The molecular weight excluding hydrogens is 446 g/mol. The van der Waals surface area contributed by atoms with Crippen molar-refractivity contribution in [2.24, 2.45) is 0 Å². The van der Waals surface area contributed by atoms with Crippen molar-refractivity contribution in [2.75, 3.05) is 15.4 Å². The first-order valence-corrected chi connectivity index (χ1v) is 11.5. The van der Waals surface area contributed by atoms with Crippen molar-refractivity contribution in [3.8, 4) is 0 Å². The van der Waals surface area contributed by atoms with E-state index < -0.39 is 15.6 Å². The molecule has 0 bridgehead atoms. The Bertz CT molecular complexity index is 1450. The quantitative estimate of drug-likeness (QED) is 0.290. The fourth-order valence-electron chi connectivity index (χ4n) is 3.13. The third-order valence-corrected chi connectivity index (χ3v) is 6.26. The van der Waals surface area contributed by atoms with Crippen LogP contribution in [0.5, 0.6) is 0 Å². The zero-order valence-corrected chi connectivity index (χ0v) is 18.6. The van der Waals surface area contributed by atoms with Gasteiger partial charge in [-0.2, -0.15) is 0 Å². The van der Waals surface area contributed by atoms with Gasteiger partial charge < -0.3 is 15.1 Å². The number of para-hydroxylation sites is 1. The van der Waals surface area contributed by atoms with Gasteiger partial charge in [-0.05, 0) is 73.2 Å². The molecular formula is C23H19N3O4S2. The summed E-state index contributed by atoms with van der Waals surface area (Å²) in [4.78, 5) is 11.7. The zero-order chi connectivity index (χ0) is 22.7. The molecule has 1 aromatic heterocycles. The molecule has 0 unspecified atom stereocenters. The maximum atomic E-state index is 12.5. The summed E-state index contributed by atoms with van der Waals surface area (Å²) in [7, 11) is -3.70. The Morgan fingerprint density at radius 3 is 2.22 bits per heavy atom. The molecule has 7 nitrogen and oxygen atoms in total. The van der Waals surface area contributed by atoms with Crippen LogP contribution in [0.25, 0.3) is 11.0 Å². The largest absolute Gasteiger partial charge is 0.423 e. The molecule has 0 atom stereocenters. The third kappa shape index (κ3) is 4.96. The van der Waals surface area contributed by atoms with Crippen molar-refractivity contribution in [3.05, 3.63) is 94.8 Å². The molecule has 4 aromatic rings. The van der Waals surface area contributed by atoms with Gasteiger partial charge in [0.15, 0.2) is 5.11 Å². The molecule has 0 aliphatic carbocycles. The van der Waals surface area contributed by atoms with Crippen LogP contribution in [-0.4, -0.2) is 13.5 Å². The highest BCUT2D eigenvalue weighted by Gasteiger charge is 2.14. The number of rotatable bonds is 5. The minimum Gasteiger partial charge on any atom is -0.423 e. The summed E-state index contributed by atoms with van der Waals surface area (Å²) < 4.78 is 32.8. The van der Waals surface area contributed by atoms with Crippen LogP contribution in [0.15, 0.2) is 93.0 Å². The summed E-state index contributed by atoms with van der Waals surface area (Å²) in [5.74, 6) is 0. The van der Waals surface area contributed by atoms with Crippen molar-refractivity contribution in [1.29, 1.82) is 0 Å². The molecule has 9 heteroatoms. The Morgan fingerprint density at radius 2 is 1.50 bits per heavy atom. The summed E-state index contributed by atoms with van der Waals surface area (Å²) in [6.07, 6.45) is 0. The zero-order valence-electron chi connectivity index (χ0n) is 17.0. The number of thiocarbonyl (C=S) groups is 1. The van der Waals surface area contributed by atoms with Gasteiger partial charge in [-0.25, -0.2) is 13.2 Å². The van der Waals surface area contributed by atoms with Gasteiger partial charge in [0.2, 0.25) is 0 Å². The second-order valence-electron chi connectivity index (χ2n) is 7.03. The molecule has 3 aromatic carbocycles. The molecule has 0 saturated carbocycles. The van der Waals surface area contributed by atoms with Crippen LogP contribution >= 0.6 is 12.2 Å². The van der Waals surface area contributed by atoms with E-state index in [1.54, 1.807) is 42.5 Å². The molecule has 32 heavy (non-hydrogen) atoms. The Balaban J connectivity index is 1.44. The standard InChI is InChI=1S/C23H19N3O4S2/c1-15-13-22(27)30-21-14-18(9-12-20(15)21)25-23(31)24-16-7-10-19(11-8-16)32(28,29)26-17-5-3-2-4-6-17/h2-14,26H,1H3,(H2,24,25,31). The summed E-state index contributed by atoms with van der Waals surface area (Å²) in [6.45, 7) is 1.85. The summed E-state index contributed by atoms with van der Waals surface area (Å²) in [6, 6.07) is 21.7. The van der Waals surface area contributed by atoms with Crippen LogP contribution in [0.4, 0.5) is 17.1 Å². The summed E-state index contributed by atoms with van der Waals surface area (Å²) in [5.41, 5.74) is 2.63. The Labute approximate surface area is 190 Å². The highest BCUT2D eigenvalue weighted by molar-refractivity contribution is 7.92. The minimum absolute atomic E-state index is 0.130. The molecule has 0 radical (unpaired) electrons. The number of hydrogen-bond donors (Lipinski definition) is 3. The number of hydrogen-bond acceptors (Lipinski definition) is 5. The first-order chi connectivity index (χ1) is 15.3. The average Bonchev–Trinajstić information content (AvgIpc) is 2.74. The molecule has 3 N–H and O–H groups in total. The lowest BCUT2D eigenvalue weighted by atomic mass is 10.1. The van der Waals surface area contributed by atoms with Gasteiger partial charge in [-0.15, -0.1) is 0 Å². The maximum Gasteiger partial charge on any atom is 0.336 e. The SMILES string of the molecule is Cc1cc(=O)oc2cc(NC(=S)Nc3ccc(S(=O)(=O)Nc4ccccc4)cc3)ccc12. The summed E-state index contributed by atoms with van der Waals surface area (Å²) in [5, 5.41) is 7.17. The number of aryl methyl sites for hydroxylation is 1. The molecule has 0 fully saturated rings. The van der Waals surface area contributed by atoms with Gasteiger partial charge in [-0.3, -0.25) is 4.72 Å². The van der Waals surface area contributed by atoms with Crippen molar-refractivity contribution < 1.29 is 12.8 Å². The van der Waals surface area contributed by atoms with Crippen molar-refractivity contribution >= 4 is 55.4 Å². The van der Waals surface area contributed by atoms with Gasteiger partial charge >= 0.3 is 5.63 Å². The van der Waals surface area contributed by atoms with E-state index in [-0.39, 0.29) is 4.90 Å². The van der Waals surface area contributed by atoms with Crippen LogP contribution < -0.4 is 21.0 Å². The van der Waals surface area contributed by atoms with E-state index in [0.29, 0.717) is 27.8 Å². The molecule has 4 rings (SSSR count). The van der Waals surface area contributed by atoms with E-state index in [2.05, 4.69) is 15.4 Å². The van der Waals surface area contributed by atoms with Crippen LogP contribution in [0, 0.1) is 6.92 Å². The van der Waals surface area contributed by atoms with Gasteiger partial charge in [0.25, 0.3) is 10.0 Å². The van der Waals surface area contributed by atoms with Crippen molar-refractivity contribution in [2.45, 2.75) is 11.8 Å². The molecule has 0 saturated heterocycles. The van der Waals surface area contributed by atoms with Gasteiger partial charge in [0.1, 0.15) is 5.58 Å². The molecule has 162 valence electrons. The fourth-order valence-corrected chi connectivity index (χ4v) is 4.43. The molecule has 0 aliphatic rings. The first kappa shape index (κ1) is 21.5. The van der Waals surface area contributed by atoms with E-state index in [9.17, 15) is 13.2 Å². The molecule has 0 spiro atoms. The predicted octanol–water partition coefficient (Wildman–Crippen LogP) is 4.71. The predicted molar refractivity (Wildman–Crippen MR) is 131 cm³/mol. The van der Waals surface area contributed by atoms with Gasteiger partial charge in [0, 0.05) is 34.6 Å². The van der Waals surface area contributed by atoms with E-state index in [1.807, 2.05) is 25.1 Å². The highest BCUT2D eigenvalue weighted by atomic mass is 32.2. The Kier molecular flexibility index (Phi) is 5.93. The van der Waals surface area contributed by atoms with Crippen LogP contribution in [0.2, 0.25) is 0 Å². The van der Waals surface area contributed by atoms with Gasteiger partial charge in [0.05, 0.1) is 4.90 Å². The number of fused-ring (bicyclic) bond motifs is 1. The fraction of sp³-hybridized carbons (Fsp3) is 0.0435. The van der Waals surface area contributed by atoms with E-state index >= 15 is 0 Å². The van der Waals surface area contributed by atoms with Crippen molar-refractivity contribution in [3.63, 3.8) is 0 Å². The lowest BCUT2D eigenvalue weighted by Gasteiger charge is -2.12. The second kappa shape index (κ2) is 8.81. The number of nitrogens with one attached hydrogen (secondary N) is 3. The average molecular weight is 466 g/mol. The van der Waals surface area contributed by atoms with Crippen LogP contribution in [0.1, 0.15) is 5.56 Å². The topological polar surface area (TPSA) is 100 Å². The number of anilines is 3. The maximum absolute atomic E-state index is 12.5. The Morgan fingerprint density at radius 1 is 0.844 bits per heavy atom. The number of sulfonamides is 1. The normalized spacial score (nSPS) is 11.2. The highest BCUT2D eigenvalue weighted by Crippen LogP contribution is 2.22. The van der Waals surface area contributed by atoms with Crippen LogP contribution in [0.3, 0.4) is 0 Å². The molecule has 1 heterocycles. The number of benzene rings is 3. The summed E-state index contributed by atoms with van der Waals surface area (Å²) >= 11 is 5.34. The molecule has 0 amide bonds. The van der Waals surface area contributed by atoms with Crippen LogP contribution in [-0.2, 0) is 10.0 Å². The first-order valence-electron chi connectivity index (χ1n) is 9.61.